The van der Waals surface area contributed by atoms with E-state index in [0.29, 0.717) is 25.6 Å². The van der Waals surface area contributed by atoms with Gasteiger partial charge < -0.3 is 19.1 Å². The zero-order valence-corrected chi connectivity index (χ0v) is 19.6. The molecule has 8 heteroatoms. The number of hydrogen-bond acceptors (Lipinski definition) is 5. The van der Waals surface area contributed by atoms with Crippen molar-refractivity contribution in [3.8, 4) is 0 Å². The van der Waals surface area contributed by atoms with E-state index in [4.69, 9.17) is 4.74 Å². The Morgan fingerprint density at radius 3 is 2.69 bits per heavy atom. The molecule has 1 amide bonds. The lowest BCUT2D eigenvalue weighted by Gasteiger charge is -2.41. The van der Waals surface area contributed by atoms with Crippen LogP contribution in [-0.2, 0) is 20.8 Å². The highest BCUT2D eigenvalue weighted by molar-refractivity contribution is 7.76. The zero-order valence-electron chi connectivity index (χ0n) is 18.8. The summed E-state index contributed by atoms with van der Waals surface area (Å²) in [5, 5.41) is 2.10. The van der Waals surface area contributed by atoms with Crippen molar-refractivity contribution in [3.05, 3.63) is 48.0 Å². The standard InChI is InChI=1S/C24H33N3O4S/c1-25(2)19-13-15-26(16-19)23(28)17-31-24(22-12-5-6-14-27(22)32(29)30)21-11-7-9-18-8-3-4-10-20(18)21/h3-4,7-11,19,22,24H,5-6,12-17H2,1-2H3,(H,29,30)/p-1. The maximum Gasteiger partial charge on any atom is 0.248 e. The first-order valence-electron chi connectivity index (χ1n) is 11.3. The number of likely N-dealkylation sites (tertiary alicyclic amines) is 1. The molecule has 2 aromatic rings. The highest BCUT2D eigenvalue weighted by Crippen LogP contribution is 2.36. The third-order valence-corrected chi connectivity index (χ3v) is 7.64. The van der Waals surface area contributed by atoms with Gasteiger partial charge >= 0.3 is 0 Å². The van der Waals surface area contributed by atoms with Crippen LogP contribution >= 0.6 is 0 Å². The minimum absolute atomic E-state index is 0.0369. The van der Waals surface area contributed by atoms with Gasteiger partial charge in [-0.3, -0.25) is 9.00 Å². The fourth-order valence-electron chi connectivity index (χ4n) is 4.97. The van der Waals surface area contributed by atoms with Crippen LogP contribution in [0.5, 0.6) is 0 Å². The van der Waals surface area contributed by atoms with Gasteiger partial charge in [0.2, 0.25) is 5.91 Å². The summed E-state index contributed by atoms with van der Waals surface area (Å²) in [5.41, 5.74) is 0.936. The number of carbonyl (C=O) groups excluding carboxylic acids is 1. The molecule has 0 N–H and O–H groups in total. The Kier molecular flexibility index (Phi) is 7.58. The number of ether oxygens (including phenoxy) is 1. The third kappa shape index (κ3) is 5.05. The quantitative estimate of drug-likeness (QED) is 0.597. The van der Waals surface area contributed by atoms with Crippen LogP contribution < -0.4 is 0 Å². The van der Waals surface area contributed by atoms with E-state index in [0.717, 1.165) is 42.1 Å². The number of benzene rings is 2. The summed E-state index contributed by atoms with van der Waals surface area (Å²) in [6.07, 6.45) is 2.94. The molecule has 0 saturated carbocycles. The summed E-state index contributed by atoms with van der Waals surface area (Å²) >= 11 is -2.33. The SMILES string of the molecule is CN(C)C1CCN(C(=O)COC(c2cccc3ccccc23)C2CCCCN2S(=O)[O-])C1. The summed E-state index contributed by atoms with van der Waals surface area (Å²) in [6.45, 7) is 1.86. The Bertz CT molecular complexity index is 964. The fraction of sp³-hybridized carbons (Fsp3) is 0.542. The molecule has 0 radical (unpaired) electrons. The summed E-state index contributed by atoms with van der Waals surface area (Å²) < 4.78 is 31.8. The first kappa shape index (κ1) is 23.3. The Labute approximate surface area is 192 Å². The van der Waals surface area contributed by atoms with Gasteiger partial charge in [0.25, 0.3) is 0 Å². The van der Waals surface area contributed by atoms with Gasteiger partial charge in [0.1, 0.15) is 12.7 Å². The highest BCUT2D eigenvalue weighted by atomic mass is 32.2. The number of fused-ring (bicyclic) bond motifs is 1. The molecule has 2 fully saturated rings. The average Bonchev–Trinajstić information content (AvgIpc) is 3.30. The summed E-state index contributed by atoms with van der Waals surface area (Å²) in [6, 6.07) is 14.1. The second kappa shape index (κ2) is 10.4. The van der Waals surface area contributed by atoms with E-state index in [1.807, 2.05) is 61.5 Å². The minimum atomic E-state index is -2.33. The van der Waals surface area contributed by atoms with Gasteiger partial charge in [-0.1, -0.05) is 48.9 Å². The lowest BCUT2D eigenvalue weighted by molar-refractivity contribution is -0.138. The van der Waals surface area contributed by atoms with Gasteiger partial charge in [0.15, 0.2) is 0 Å². The number of hydrogen-bond donors (Lipinski definition) is 0. The van der Waals surface area contributed by atoms with Gasteiger partial charge in [-0.2, -0.15) is 0 Å². The maximum absolute atomic E-state index is 13.0. The predicted octanol–water partition coefficient (Wildman–Crippen LogP) is 2.71. The second-order valence-corrected chi connectivity index (χ2v) is 9.87. The van der Waals surface area contributed by atoms with E-state index in [-0.39, 0.29) is 18.6 Å². The normalized spacial score (nSPS) is 24.2. The van der Waals surface area contributed by atoms with Crippen molar-refractivity contribution < 1.29 is 18.3 Å². The van der Waals surface area contributed by atoms with Crippen LogP contribution in [0.25, 0.3) is 10.8 Å². The van der Waals surface area contributed by atoms with E-state index in [9.17, 15) is 13.6 Å². The summed E-state index contributed by atoms with van der Waals surface area (Å²) in [7, 11) is 4.07. The topological polar surface area (TPSA) is 76.2 Å². The molecular formula is C24H32N3O4S-. The van der Waals surface area contributed by atoms with Crippen molar-refractivity contribution in [3.63, 3.8) is 0 Å². The molecule has 7 nitrogen and oxygen atoms in total. The molecule has 2 aromatic carbocycles. The van der Waals surface area contributed by atoms with Crippen LogP contribution in [0.3, 0.4) is 0 Å². The number of carbonyl (C=O) groups is 1. The zero-order chi connectivity index (χ0) is 22.7. The number of rotatable bonds is 7. The highest BCUT2D eigenvalue weighted by Gasteiger charge is 2.35. The Hall–Kier alpha value is -1.84. The first-order chi connectivity index (χ1) is 15.5. The van der Waals surface area contributed by atoms with E-state index in [1.165, 1.54) is 4.31 Å². The van der Waals surface area contributed by atoms with Crippen molar-refractivity contribution >= 4 is 27.9 Å². The molecule has 32 heavy (non-hydrogen) atoms. The van der Waals surface area contributed by atoms with Crippen LogP contribution in [0.1, 0.15) is 37.4 Å². The number of amides is 1. The molecule has 0 bridgehead atoms. The number of nitrogens with zero attached hydrogens (tertiary/aromatic N) is 3. The first-order valence-corrected chi connectivity index (χ1v) is 12.4. The minimum Gasteiger partial charge on any atom is -0.760 e. The van der Waals surface area contributed by atoms with Crippen molar-refractivity contribution in [1.29, 1.82) is 0 Å². The van der Waals surface area contributed by atoms with Crippen LogP contribution in [0.4, 0.5) is 0 Å². The van der Waals surface area contributed by atoms with Crippen molar-refractivity contribution in [1.82, 2.24) is 14.1 Å². The smallest absolute Gasteiger partial charge is 0.248 e. The van der Waals surface area contributed by atoms with E-state index >= 15 is 0 Å². The average molecular weight is 459 g/mol. The molecule has 2 aliphatic heterocycles. The molecule has 4 rings (SSSR count). The van der Waals surface area contributed by atoms with Gasteiger partial charge in [0, 0.05) is 36.9 Å². The van der Waals surface area contributed by atoms with Gasteiger partial charge in [-0.25, -0.2) is 4.31 Å². The fourth-order valence-corrected chi connectivity index (χ4v) is 5.68. The van der Waals surface area contributed by atoms with E-state index in [1.54, 1.807) is 0 Å². The predicted molar refractivity (Wildman–Crippen MR) is 125 cm³/mol. The largest absolute Gasteiger partial charge is 0.760 e. The molecule has 2 aliphatic rings. The van der Waals surface area contributed by atoms with Gasteiger partial charge in [-0.05, 0) is 49.7 Å². The lowest BCUT2D eigenvalue weighted by Crippen LogP contribution is -2.45. The lowest BCUT2D eigenvalue weighted by atomic mass is 9.91. The Balaban J connectivity index is 1.59. The second-order valence-electron chi connectivity index (χ2n) is 8.97. The van der Waals surface area contributed by atoms with Crippen molar-refractivity contribution in [2.24, 2.45) is 0 Å². The molecule has 0 aromatic heterocycles. The van der Waals surface area contributed by atoms with E-state index in [2.05, 4.69) is 4.90 Å². The molecule has 174 valence electrons. The van der Waals surface area contributed by atoms with Crippen molar-refractivity contribution in [2.75, 3.05) is 40.3 Å². The number of likely N-dealkylation sites (N-methyl/N-ethyl adjacent to an activating group) is 1. The van der Waals surface area contributed by atoms with E-state index < -0.39 is 17.4 Å². The number of piperidine rings is 1. The molecule has 2 heterocycles. The molecule has 2 saturated heterocycles. The Morgan fingerprint density at radius 1 is 1.16 bits per heavy atom. The molecule has 4 atom stereocenters. The monoisotopic (exact) mass is 458 g/mol. The maximum atomic E-state index is 13.0. The van der Waals surface area contributed by atoms with Crippen LogP contribution in [-0.4, -0.2) is 81.2 Å². The van der Waals surface area contributed by atoms with Gasteiger partial charge in [0.05, 0.1) is 6.04 Å². The summed E-state index contributed by atoms with van der Waals surface area (Å²) in [4.78, 5) is 17.0. The Morgan fingerprint density at radius 2 is 1.94 bits per heavy atom. The van der Waals surface area contributed by atoms with Crippen LogP contribution in [0.15, 0.2) is 42.5 Å². The molecule has 0 spiro atoms. The molecular weight excluding hydrogens is 426 g/mol. The summed E-state index contributed by atoms with van der Waals surface area (Å²) in [5.74, 6) is -0.0369. The third-order valence-electron chi connectivity index (χ3n) is 6.80. The van der Waals surface area contributed by atoms with Gasteiger partial charge in [-0.15, -0.1) is 0 Å². The van der Waals surface area contributed by atoms with Crippen LogP contribution in [0, 0.1) is 0 Å². The molecule has 4 unspecified atom stereocenters. The van der Waals surface area contributed by atoms with Crippen LogP contribution in [0.2, 0.25) is 0 Å². The van der Waals surface area contributed by atoms with Crippen molar-refractivity contribution in [2.45, 2.75) is 43.9 Å². The molecule has 0 aliphatic carbocycles.